The van der Waals surface area contributed by atoms with Crippen LogP contribution in [0.3, 0.4) is 0 Å². The lowest BCUT2D eigenvalue weighted by molar-refractivity contribution is -0.276. The Hall–Kier alpha value is -0.790. The zero-order valence-electron chi connectivity index (χ0n) is 8.49. The van der Waals surface area contributed by atoms with Gasteiger partial charge in [0.1, 0.15) is 5.02 Å². The lowest BCUT2D eigenvalue weighted by atomic mass is 10.3. The van der Waals surface area contributed by atoms with E-state index in [0.717, 1.165) is 12.1 Å². The highest BCUT2D eigenvalue weighted by molar-refractivity contribution is 6.44. The number of benzene rings is 1. The van der Waals surface area contributed by atoms with Crippen LogP contribution in [0.2, 0.25) is 15.1 Å². The topological polar surface area (TPSA) is 26.3 Å². The van der Waals surface area contributed by atoms with E-state index in [9.17, 15) is 26.7 Å². The first-order chi connectivity index (χ1) is 8.48. The molecule has 0 radical (unpaired) electrons. The maximum Gasteiger partial charge on any atom is 0.465 e. The molecule has 106 valence electrons. The zero-order valence-corrected chi connectivity index (χ0v) is 10.8. The second-order valence-corrected chi connectivity index (χ2v) is 4.33. The van der Waals surface area contributed by atoms with Crippen LogP contribution in [-0.4, -0.2) is 18.1 Å². The Morgan fingerprint density at radius 1 is 1.00 bits per heavy atom. The first-order valence-corrected chi connectivity index (χ1v) is 5.42. The van der Waals surface area contributed by atoms with E-state index in [-0.39, 0.29) is 5.02 Å². The van der Waals surface area contributed by atoms with Crippen molar-refractivity contribution in [3.8, 4) is 5.75 Å². The Kier molecular flexibility index (Phi) is 4.54. The third kappa shape index (κ3) is 3.21. The van der Waals surface area contributed by atoms with Crippen LogP contribution in [0.4, 0.5) is 22.0 Å². The van der Waals surface area contributed by atoms with Crippen LogP contribution in [0, 0.1) is 0 Å². The minimum absolute atomic E-state index is 0.232. The highest BCUT2D eigenvalue weighted by Gasteiger charge is 2.65. The lowest BCUT2D eigenvalue weighted by Crippen LogP contribution is -2.46. The van der Waals surface area contributed by atoms with Gasteiger partial charge in [-0.05, 0) is 12.1 Å². The molecule has 0 spiro atoms. The van der Waals surface area contributed by atoms with Gasteiger partial charge in [0.05, 0.1) is 10.0 Å². The monoisotopic (exact) mass is 342 g/mol. The third-order valence-corrected chi connectivity index (χ3v) is 2.89. The standard InChI is InChI=1S/C9H2Cl3F5O2/c10-3-1-2-4(11)6(5(3)12)19-7(18)8(13,14)9(15,16)17/h1-2H. The van der Waals surface area contributed by atoms with Gasteiger partial charge in [-0.15, -0.1) is 0 Å². The van der Waals surface area contributed by atoms with Gasteiger partial charge in [-0.2, -0.15) is 22.0 Å². The number of carbonyl (C=O) groups excluding carboxylic acids is 1. The molecule has 0 amide bonds. The molecule has 0 atom stereocenters. The molecule has 0 saturated heterocycles. The zero-order chi connectivity index (χ0) is 15.0. The molecule has 1 rings (SSSR count). The minimum atomic E-state index is -6.10. The second-order valence-electron chi connectivity index (χ2n) is 3.13. The van der Waals surface area contributed by atoms with Gasteiger partial charge in [0.15, 0.2) is 5.75 Å². The van der Waals surface area contributed by atoms with Crippen molar-refractivity contribution in [3.05, 3.63) is 27.2 Å². The van der Waals surface area contributed by atoms with Gasteiger partial charge < -0.3 is 4.74 Å². The molecule has 0 fully saturated rings. The second kappa shape index (κ2) is 5.30. The molecule has 19 heavy (non-hydrogen) atoms. The summed E-state index contributed by atoms with van der Waals surface area (Å²) in [5.41, 5.74) is 0. The molecule has 0 N–H and O–H groups in total. The predicted octanol–water partition coefficient (Wildman–Crippen LogP) is 4.75. The summed E-state index contributed by atoms with van der Waals surface area (Å²) >= 11 is 16.4. The molecule has 0 aliphatic heterocycles. The van der Waals surface area contributed by atoms with Crippen LogP contribution in [0.1, 0.15) is 0 Å². The highest BCUT2D eigenvalue weighted by atomic mass is 35.5. The van der Waals surface area contributed by atoms with Crippen LogP contribution < -0.4 is 4.74 Å². The van der Waals surface area contributed by atoms with Gasteiger partial charge in [-0.1, -0.05) is 34.8 Å². The average Bonchev–Trinajstić information content (AvgIpc) is 2.27. The maximum atomic E-state index is 12.7. The summed E-state index contributed by atoms with van der Waals surface area (Å²) in [5.74, 6) is -9.42. The van der Waals surface area contributed by atoms with Crippen molar-refractivity contribution in [1.82, 2.24) is 0 Å². The Morgan fingerprint density at radius 2 is 1.47 bits per heavy atom. The molecule has 0 saturated carbocycles. The van der Waals surface area contributed by atoms with Gasteiger partial charge in [-0.3, -0.25) is 0 Å². The first kappa shape index (κ1) is 16.3. The molecule has 0 bridgehead atoms. The quantitative estimate of drug-likeness (QED) is 0.335. The molecule has 2 nitrogen and oxygen atoms in total. The average molecular weight is 343 g/mol. The van der Waals surface area contributed by atoms with Crippen LogP contribution >= 0.6 is 34.8 Å². The van der Waals surface area contributed by atoms with E-state index in [2.05, 4.69) is 4.74 Å². The van der Waals surface area contributed by atoms with Crippen LogP contribution in [0.25, 0.3) is 0 Å². The Labute approximate surface area is 118 Å². The van der Waals surface area contributed by atoms with Crippen LogP contribution in [0.5, 0.6) is 5.75 Å². The summed E-state index contributed by atoms with van der Waals surface area (Å²) in [6.07, 6.45) is -6.10. The number of hydrogen-bond acceptors (Lipinski definition) is 2. The molecule has 1 aromatic rings. The van der Waals surface area contributed by atoms with Crippen molar-refractivity contribution in [2.24, 2.45) is 0 Å². The van der Waals surface area contributed by atoms with Crippen LogP contribution in [0.15, 0.2) is 12.1 Å². The lowest BCUT2D eigenvalue weighted by Gasteiger charge is -2.18. The fourth-order valence-electron chi connectivity index (χ4n) is 0.875. The van der Waals surface area contributed by atoms with E-state index < -0.39 is 33.9 Å². The Morgan fingerprint density at radius 3 is 1.95 bits per heavy atom. The van der Waals surface area contributed by atoms with Gasteiger partial charge in [-0.25, -0.2) is 4.79 Å². The highest BCUT2D eigenvalue weighted by Crippen LogP contribution is 2.41. The van der Waals surface area contributed by atoms with Crippen molar-refractivity contribution >= 4 is 40.8 Å². The van der Waals surface area contributed by atoms with Gasteiger partial charge >= 0.3 is 18.1 Å². The molecular formula is C9H2Cl3F5O2. The van der Waals surface area contributed by atoms with E-state index in [1.807, 2.05) is 0 Å². The fraction of sp³-hybridized carbons (Fsp3) is 0.222. The van der Waals surface area contributed by atoms with Crippen molar-refractivity contribution in [3.63, 3.8) is 0 Å². The molecule has 0 unspecified atom stereocenters. The van der Waals surface area contributed by atoms with E-state index in [4.69, 9.17) is 34.8 Å². The van der Waals surface area contributed by atoms with Crippen molar-refractivity contribution in [2.75, 3.05) is 0 Å². The summed E-state index contributed by atoms with van der Waals surface area (Å²) in [5, 5.41) is -1.23. The van der Waals surface area contributed by atoms with E-state index in [1.165, 1.54) is 0 Å². The smallest absolute Gasteiger partial charge is 0.419 e. The van der Waals surface area contributed by atoms with Crippen LogP contribution in [-0.2, 0) is 4.79 Å². The number of carbonyl (C=O) groups is 1. The molecule has 0 aliphatic carbocycles. The number of rotatable bonds is 2. The summed E-state index contributed by atoms with van der Waals surface area (Å²) in [7, 11) is 0. The molecule has 0 heterocycles. The summed E-state index contributed by atoms with van der Waals surface area (Å²) in [4.78, 5) is 10.8. The van der Waals surface area contributed by atoms with E-state index >= 15 is 0 Å². The van der Waals surface area contributed by atoms with E-state index in [1.54, 1.807) is 0 Å². The number of ether oxygens (including phenoxy) is 1. The number of hydrogen-bond donors (Lipinski definition) is 0. The number of esters is 1. The minimum Gasteiger partial charge on any atom is -0.419 e. The van der Waals surface area contributed by atoms with Crippen molar-refractivity contribution < 1.29 is 31.5 Å². The van der Waals surface area contributed by atoms with Gasteiger partial charge in [0.2, 0.25) is 0 Å². The fourth-order valence-corrected chi connectivity index (χ4v) is 1.47. The Balaban J connectivity index is 3.12. The van der Waals surface area contributed by atoms with Gasteiger partial charge in [0, 0.05) is 0 Å². The summed E-state index contributed by atoms with van der Waals surface area (Å²) in [6, 6.07) is 2.16. The molecule has 0 aliphatic rings. The molecule has 10 heteroatoms. The predicted molar refractivity (Wildman–Crippen MR) is 58.1 cm³/mol. The van der Waals surface area contributed by atoms with Gasteiger partial charge in [0.25, 0.3) is 0 Å². The summed E-state index contributed by atoms with van der Waals surface area (Å²) < 4.78 is 65.0. The third-order valence-electron chi connectivity index (χ3n) is 1.81. The largest absolute Gasteiger partial charge is 0.465 e. The normalized spacial score (nSPS) is 12.4. The Bertz CT molecular complexity index is 515. The molecule has 0 aromatic heterocycles. The maximum absolute atomic E-state index is 12.7. The number of halogens is 8. The summed E-state index contributed by atoms with van der Waals surface area (Å²) in [6.45, 7) is 0. The number of alkyl halides is 5. The SMILES string of the molecule is O=C(Oc1c(Cl)ccc(Cl)c1Cl)C(F)(F)C(F)(F)F. The van der Waals surface area contributed by atoms with Crippen molar-refractivity contribution in [2.45, 2.75) is 12.1 Å². The first-order valence-electron chi connectivity index (χ1n) is 4.28. The van der Waals surface area contributed by atoms with E-state index in [0.29, 0.717) is 0 Å². The molecule has 1 aromatic carbocycles. The van der Waals surface area contributed by atoms with Crippen molar-refractivity contribution in [1.29, 1.82) is 0 Å². The molecular weight excluding hydrogens is 341 g/mol.